The van der Waals surface area contributed by atoms with Crippen LogP contribution in [0.25, 0.3) is 11.3 Å². The standard InChI is InChI=1S/C17H23N7O2/c1-3-24(4-2)11-13(25)10-18-14-15(19-12-8-6-5-7-9-12)21-17-16(20-14)22-26-23-17/h5-9,13,25H,3-4,10-11H2,1-2H3,(H,18,20,22)(H,19,21,23). The number of aliphatic hydroxyl groups is 1. The molecule has 9 nitrogen and oxygen atoms in total. The molecule has 0 saturated carbocycles. The normalized spacial score (nSPS) is 12.5. The summed E-state index contributed by atoms with van der Waals surface area (Å²) in [5.74, 6) is 0.977. The Morgan fingerprint density at radius 3 is 2.35 bits per heavy atom. The molecule has 1 aromatic carbocycles. The fourth-order valence-electron chi connectivity index (χ4n) is 2.57. The second kappa shape index (κ2) is 8.54. The molecule has 9 heteroatoms. The van der Waals surface area contributed by atoms with Gasteiger partial charge in [0.1, 0.15) is 0 Å². The smallest absolute Gasteiger partial charge is 0.245 e. The van der Waals surface area contributed by atoms with Crippen LogP contribution in [0.15, 0.2) is 35.0 Å². The monoisotopic (exact) mass is 357 g/mol. The number of aliphatic hydroxyl groups excluding tert-OH is 1. The second-order valence-electron chi connectivity index (χ2n) is 5.84. The Kier molecular flexibility index (Phi) is 5.92. The van der Waals surface area contributed by atoms with Gasteiger partial charge in [0.25, 0.3) is 0 Å². The van der Waals surface area contributed by atoms with Crippen molar-refractivity contribution in [3.05, 3.63) is 30.3 Å². The van der Waals surface area contributed by atoms with Crippen LogP contribution in [0.1, 0.15) is 13.8 Å². The largest absolute Gasteiger partial charge is 0.390 e. The Bertz CT molecular complexity index is 820. The summed E-state index contributed by atoms with van der Waals surface area (Å²) in [4.78, 5) is 11.0. The van der Waals surface area contributed by atoms with Crippen molar-refractivity contribution in [2.75, 3.05) is 36.8 Å². The number of hydrogen-bond acceptors (Lipinski definition) is 9. The second-order valence-corrected chi connectivity index (χ2v) is 5.84. The van der Waals surface area contributed by atoms with Gasteiger partial charge in [-0.2, -0.15) is 0 Å². The fraction of sp³-hybridized carbons (Fsp3) is 0.412. The third-order valence-corrected chi connectivity index (χ3v) is 4.02. The number of nitrogens with one attached hydrogen (secondary N) is 2. The van der Waals surface area contributed by atoms with Crippen LogP contribution in [-0.2, 0) is 0 Å². The zero-order valence-corrected chi connectivity index (χ0v) is 14.9. The van der Waals surface area contributed by atoms with Crippen molar-refractivity contribution in [3.63, 3.8) is 0 Å². The molecule has 0 fully saturated rings. The highest BCUT2D eigenvalue weighted by atomic mass is 16.6. The molecule has 0 bridgehead atoms. The molecule has 0 aliphatic heterocycles. The minimum atomic E-state index is -0.535. The molecule has 1 atom stereocenters. The first-order chi connectivity index (χ1) is 12.7. The van der Waals surface area contributed by atoms with Gasteiger partial charge in [-0.15, -0.1) is 0 Å². The average molecular weight is 357 g/mol. The van der Waals surface area contributed by atoms with E-state index in [4.69, 9.17) is 4.63 Å². The van der Waals surface area contributed by atoms with E-state index >= 15 is 0 Å². The van der Waals surface area contributed by atoms with Gasteiger partial charge in [-0.3, -0.25) is 0 Å². The van der Waals surface area contributed by atoms with Gasteiger partial charge in [0.2, 0.25) is 11.3 Å². The van der Waals surface area contributed by atoms with E-state index in [1.807, 2.05) is 30.3 Å². The van der Waals surface area contributed by atoms with Crippen molar-refractivity contribution in [1.29, 1.82) is 0 Å². The molecule has 3 N–H and O–H groups in total. The summed E-state index contributed by atoms with van der Waals surface area (Å²) >= 11 is 0. The van der Waals surface area contributed by atoms with Crippen LogP contribution < -0.4 is 10.6 Å². The highest BCUT2D eigenvalue weighted by Crippen LogP contribution is 2.23. The topological polar surface area (TPSA) is 112 Å². The summed E-state index contributed by atoms with van der Waals surface area (Å²) < 4.78 is 4.70. The molecule has 0 amide bonds. The molecular formula is C17H23N7O2. The minimum absolute atomic E-state index is 0.310. The van der Waals surface area contributed by atoms with Crippen LogP contribution in [0.5, 0.6) is 0 Å². The molecule has 0 spiro atoms. The summed E-state index contributed by atoms with van der Waals surface area (Å²) in [5, 5.41) is 24.1. The Morgan fingerprint density at radius 1 is 1.04 bits per heavy atom. The molecule has 0 aliphatic rings. The quantitative estimate of drug-likeness (QED) is 0.528. The number of anilines is 3. The zero-order valence-electron chi connectivity index (χ0n) is 14.9. The number of rotatable bonds is 9. The van der Waals surface area contributed by atoms with Crippen molar-refractivity contribution in [3.8, 4) is 0 Å². The number of likely N-dealkylation sites (N-methyl/N-ethyl adjacent to an activating group) is 1. The zero-order chi connectivity index (χ0) is 18.4. The maximum Gasteiger partial charge on any atom is 0.245 e. The fourth-order valence-corrected chi connectivity index (χ4v) is 2.57. The summed E-state index contributed by atoms with van der Waals surface area (Å²) in [7, 11) is 0. The van der Waals surface area contributed by atoms with Crippen LogP contribution in [0.4, 0.5) is 17.3 Å². The summed E-state index contributed by atoms with van der Waals surface area (Å²) in [6.45, 7) is 6.86. The SMILES string of the molecule is CCN(CC)CC(O)CNc1nc2nonc2nc1Nc1ccccc1. The maximum atomic E-state index is 10.3. The van der Waals surface area contributed by atoms with Gasteiger partial charge < -0.3 is 20.6 Å². The third kappa shape index (κ3) is 4.44. The van der Waals surface area contributed by atoms with Crippen LogP contribution in [0.2, 0.25) is 0 Å². The van der Waals surface area contributed by atoms with E-state index in [1.54, 1.807) is 0 Å². The summed E-state index contributed by atoms with van der Waals surface area (Å²) in [6, 6.07) is 9.63. The van der Waals surface area contributed by atoms with Crippen LogP contribution in [-0.4, -0.2) is 62.6 Å². The molecule has 2 aromatic heterocycles. The predicted octanol–water partition coefficient (Wildman–Crippen LogP) is 1.87. The number of benzene rings is 1. The van der Waals surface area contributed by atoms with E-state index in [-0.39, 0.29) is 0 Å². The van der Waals surface area contributed by atoms with Gasteiger partial charge in [-0.1, -0.05) is 32.0 Å². The van der Waals surface area contributed by atoms with Crippen molar-refractivity contribution in [2.24, 2.45) is 0 Å². The molecule has 1 unspecified atom stereocenters. The molecule has 0 radical (unpaired) electrons. The molecule has 0 saturated heterocycles. The van der Waals surface area contributed by atoms with Gasteiger partial charge in [-0.25, -0.2) is 14.6 Å². The average Bonchev–Trinajstić information content (AvgIpc) is 3.12. The van der Waals surface area contributed by atoms with Gasteiger partial charge in [0.05, 0.1) is 6.10 Å². The number of nitrogens with zero attached hydrogens (tertiary/aromatic N) is 5. The van der Waals surface area contributed by atoms with E-state index in [0.29, 0.717) is 36.0 Å². The third-order valence-electron chi connectivity index (χ3n) is 4.02. The van der Waals surface area contributed by atoms with Gasteiger partial charge in [-0.05, 0) is 35.5 Å². The summed E-state index contributed by atoms with van der Waals surface area (Å²) in [5.41, 5.74) is 1.49. The van der Waals surface area contributed by atoms with Gasteiger partial charge in [0, 0.05) is 18.8 Å². The lowest BCUT2D eigenvalue weighted by Crippen LogP contribution is -2.36. The molecular weight excluding hydrogens is 334 g/mol. The van der Waals surface area contributed by atoms with Crippen molar-refractivity contribution in [2.45, 2.75) is 20.0 Å². The minimum Gasteiger partial charge on any atom is -0.390 e. The Hall–Kier alpha value is -2.78. The highest BCUT2D eigenvalue weighted by molar-refractivity contribution is 5.76. The molecule has 2 heterocycles. The number of aromatic nitrogens is 4. The molecule has 0 aliphatic carbocycles. The Labute approximate surface area is 151 Å². The van der Waals surface area contributed by atoms with Crippen LogP contribution in [0.3, 0.4) is 0 Å². The van der Waals surface area contributed by atoms with Crippen molar-refractivity contribution < 1.29 is 9.74 Å². The van der Waals surface area contributed by atoms with E-state index in [1.165, 1.54) is 0 Å². The lowest BCUT2D eigenvalue weighted by Gasteiger charge is -2.22. The predicted molar refractivity (Wildman–Crippen MR) is 99.4 cm³/mol. The van der Waals surface area contributed by atoms with E-state index < -0.39 is 6.10 Å². The van der Waals surface area contributed by atoms with Crippen molar-refractivity contribution >= 4 is 28.6 Å². The lowest BCUT2D eigenvalue weighted by atomic mass is 10.3. The Morgan fingerprint density at radius 2 is 1.69 bits per heavy atom. The van der Waals surface area contributed by atoms with Crippen LogP contribution in [0, 0.1) is 0 Å². The molecule has 3 aromatic rings. The summed E-state index contributed by atoms with van der Waals surface area (Å²) in [6.07, 6.45) is -0.535. The molecule has 3 rings (SSSR count). The van der Waals surface area contributed by atoms with E-state index in [9.17, 15) is 5.11 Å². The first kappa shape index (κ1) is 18.0. The van der Waals surface area contributed by atoms with E-state index in [0.717, 1.165) is 18.8 Å². The maximum absolute atomic E-state index is 10.3. The highest BCUT2D eigenvalue weighted by Gasteiger charge is 2.15. The number of para-hydroxylation sites is 1. The number of fused-ring (bicyclic) bond motifs is 1. The van der Waals surface area contributed by atoms with Crippen LogP contribution >= 0.6 is 0 Å². The lowest BCUT2D eigenvalue weighted by molar-refractivity contribution is 0.128. The first-order valence-electron chi connectivity index (χ1n) is 8.66. The first-order valence-corrected chi connectivity index (χ1v) is 8.66. The molecule has 138 valence electrons. The number of hydrogen-bond donors (Lipinski definition) is 3. The van der Waals surface area contributed by atoms with E-state index in [2.05, 4.69) is 49.7 Å². The Balaban J connectivity index is 1.76. The van der Waals surface area contributed by atoms with Crippen molar-refractivity contribution in [1.82, 2.24) is 25.2 Å². The van der Waals surface area contributed by atoms with Gasteiger partial charge >= 0.3 is 0 Å². The van der Waals surface area contributed by atoms with Gasteiger partial charge in [0.15, 0.2) is 11.6 Å². The molecule has 26 heavy (non-hydrogen) atoms.